The van der Waals surface area contributed by atoms with Crippen LogP contribution in [0.25, 0.3) is 11.0 Å². The molecule has 3 rings (SSSR count). The predicted molar refractivity (Wildman–Crippen MR) is 125 cm³/mol. The van der Waals surface area contributed by atoms with Crippen molar-refractivity contribution in [3.05, 3.63) is 54.1 Å². The van der Waals surface area contributed by atoms with Gasteiger partial charge in [0.15, 0.2) is 0 Å². The Kier molecular flexibility index (Phi) is 8.77. The van der Waals surface area contributed by atoms with Gasteiger partial charge in [-0.2, -0.15) is 0 Å². The first-order valence-electron chi connectivity index (χ1n) is 11.1. The van der Waals surface area contributed by atoms with E-state index in [2.05, 4.69) is 15.6 Å². The number of unbranched alkanes of at least 4 members (excludes halogenated alkanes) is 1. The lowest BCUT2D eigenvalue weighted by molar-refractivity contribution is -0.141. The zero-order valence-electron chi connectivity index (χ0n) is 19.4. The summed E-state index contributed by atoms with van der Waals surface area (Å²) in [6.45, 7) is 3.19. The van der Waals surface area contributed by atoms with Gasteiger partial charge in [0.25, 0.3) is 0 Å². The smallest absolute Gasteiger partial charge is 0.247 e. The Morgan fingerprint density at radius 2 is 1.97 bits per heavy atom. The molecule has 1 atom stereocenters. The number of hydrogen-bond donors (Lipinski definition) is 1. The second kappa shape index (κ2) is 12.0. The zero-order chi connectivity index (χ0) is 23.6. The van der Waals surface area contributed by atoms with E-state index < -0.39 is 6.04 Å². The predicted octanol–water partition coefficient (Wildman–Crippen LogP) is 2.57. The number of carbonyl (C=O) groups is 2. The molecule has 33 heavy (non-hydrogen) atoms. The van der Waals surface area contributed by atoms with Crippen LogP contribution in [0.5, 0.6) is 5.75 Å². The van der Waals surface area contributed by atoms with E-state index in [0.29, 0.717) is 36.5 Å². The normalized spacial score (nSPS) is 11.8. The van der Waals surface area contributed by atoms with E-state index in [4.69, 9.17) is 9.47 Å². The van der Waals surface area contributed by atoms with Crippen LogP contribution in [0.4, 0.5) is 0 Å². The number of ether oxygens (including phenoxy) is 2. The number of fused-ring (bicyclic) bond motifs is 1. The second-order valence-electron chi connectivity index (χ2n) is 7.64. The molecule has 0 aliphatic carbocycles. The van der Waals surface area contributed by atoms with Gasteiger partial charge in [-0.3, -0.25) is 9.59 Å². The van der Waals surface area contributed by atoms with Gasteiger partial charge in [-0.05, 0) is 36.2 Å². The maximum absolute atomic E-state index is 13.6. The summed E-state index contributed by atoms with van der Waals surface area (Å²) < 4.78 is 12.0. The van der Waals surface area contributed by atoms with E-state index in [1.54, 1.807) is 29.9 Å². The third kappa shape index (κ3) is 6.07. The van der Waals surface area contributed by atoms with Crippen molar-refractivity contribution in [2.24, 2.45) is 0 Å². The number of rotatable bonds is 12. The van der Waals surface area contributed by atoms with Crippen LogP contribution in [0.15, 0.2) is 48.5 Å². The van der Waals surface area contributed by atoms with Crippen molar-refractivity contribution in [3.8, 4) is 5.75 Å². The first-order valence-corrected chi connectivity index (χ1v) is 11.1. The van der Waals surface area contributed by atoms with Crippen molar-refractivity contribution in [2.75, 3.05) is 33.9 Å². The maximum atomic E-state index is 13.6. The number of amides is 2. The van der Waals surface area contributed by atoms with E-state index >= 15 is 0 Å². The van der Waals surface area contributed by atoms with Gasteiger partial charge in [0.05, 0.1) is 19.2 Å². The highest BCUT2D eigenvalue weighted by Crippen LogP contribution is 2.26. The van der Waals surface area contributed by atoms with Crippen LogP contribution < -0.4 is 10.1 Å². The molecule has 0 aliphatic rings. The molecule has 0 spiro atoms. The number of methoxy groups -OCH3 is 2. The van der Waals surface area contributed by atoms with E-state index in [1.807, 2.05) is 49.4 Å². The Labute approximate surface area is 193 Å². The minimum atomic E-state index is -0.814. The molecule has 0 bridgehead atoms. The molecular weight excluding hydrogens is 422 g/mol. The average molecular weight is 454 g/mol. The van der Waals surface area contributed by atoms with Crippen molar-refractivity contribution in [2.45, 2.75) is 32.4 Å². The minimum absolute atomic E-state index is 0.0178. The van der Waals surface area contributed by atoms with Crippen molar-refractivity contribution < 1.29 is 19.1 Å². The summed E-state index contributed by atoms with van der Waals surface area (Å²) in [6, 6.07) is 13.9. The highest BCUT2D eigenvalue weighted by atomic mass is 16.5. The number of nitrogens with zero attached hydrogens (tertiary/aromatic N) is 4. The lowest BCUT2D eigenvalue weighted by atomic mass is 10.0. The minimum Gasteiger partial charge on any atom is -0.497 e. The van der Waals surface area contributed by atoms with Crippen LogP contribution in [-0.4, -0.2) is 65.6 Å². The molecule has 1 heterocycles. The molecule has 176 valence electrons. The third-order valence-electron chi connectivity index (χ3n) is 5.35. The van der Waals surface area contributed by atoms with E-state index in [-0.39, 0.29) is 18.4 Å². The molecular formula is C24H31N5O4. The zero-order valence-corrected chi connectivity index (χ0v) is 19.4. The Morgan fingerprint density at radius 3 is 2.73 bits per heavy atom. The van der Waals surface area contributed by atoms with Gasteiger partial charge in [-0.1, -0.05) is 42.8 Å². The summed E-state index contributed by atoms with van der Waals surface area (Å²) in [5, 5.41) is 11.2. The number of aromatic nitrogens is 3. The molecule has 0 aliphatic heterocycles. The average Bonchev–Trinajstić information content (AvgIpc) is 3.24. The van der Waals surface area contributed by atoms with Gasteiger partial charge in [-0.25, -0.2) is 4.68 Å². The van der Waals surface area contributed by atoms with Gasteiger partial charge in [-0.15, -0.1) is 5.10 Å². The quantitative estimate of drug-likeness (QED) is 0.423. The lowest BCUT2D eigenvalue weighted by Crippen LogP contribution is -2.46. The van der Waals surface area contributed by atoms with Gasteiger partial charge in [0.2, 0.25) is 11.8 Å². The molecule has 9 nitrogen and oxygen atoms in total. The fraction of sp³-hybridized carbons (Fsp3) is 0.417. The summed E-state index contributed by atoms with van der Waals surface area (Å²) in [4.78, 5) is 28.5. The molecule has 0 radical (unpaired) electrons. The van der Waals surface area contributed by atoms with Crippen molar-refractivity contribution in [1.82, 2.24) is 25.2 Å². The fourth-order valence-electron chi connectivity index (χ4n) is 3.64. The van der Waals surface area contributed by atoms with E-state index in [0.717, 1.165) is 18.4 Å². The Bertz CT molecular complexity index is 1070. The van der Waals surface area contributed by atoms with Gasteiger partial charge < -0.3 is 19.7 Å². The second-order valence-corrected chi connectivity index (χ2v) is 7.64. The SMILES string of the molecule is CCCCN(C(=O)Cn1nnc2ccccc21)[C@H](C(=O)NCCOC)c1cccc(OC)c1. The summed E-state index contributed by atoms with van der Waals surface area (Å²) in [6.07, 6.45) is 1.64. The van der Waals surface area contributed by atoms with Crippen LogP contribution in [0.3, 0.4) is 0 Å². The van der Waals surface area contributed by atoms with Crippen LogP contribution in [0, 0.1) is 0 Å². The molecule has 0 saturated heterocycles. The number of hydrogen-bond acceptors (Lipinski definition) is 6. The van der Waals surface area contributed by atoms with Crippen LogP contribution in [-0.2, 0) is 20.9 Å². The Morgan fingerprint density at radius 1 is 1.15 bits per heavy atom. The van der Waals surface area contributed by atoms with Gasteiger partial charge in [0, 0.05) is 20.2 Å². The van der Waals surface area contributed by atoms with Crippen molar-refractivity contribution in [3.63, 3.8) is 0 Å². The summed E-state index contributed by atoms with van der Waals surface area (Å²) in [7, 11) is 3.15. The maximum Gasteiger partial charge on any atom is 0.247 e. The summed E-state index contributed by atoms with van der Waals surface area (Å²) in [5.41, 5.74) is 2.16. The first kappa shape index (κ1) is 24.2. The number of nitrogens with one attached hydrogen (secondary N) is 1. The molecule has 0 fully saturated rings. The molecule has 1 N–H and O–H groups in total. The van der Waals surface area contributed by atoms with Crippen LogP contribution in [0.1, 0.15) is 31.4 Å². The first-order chi connectivity index (χ1) is 16.1. The molecule has 2 aromatic carbocycles. The molecule has 2 amide bonds. The molecule has 0 saturated carbocycles. The Balaban J connectivity index is 1.94. The fourth-order valence-corrected chi connectivity index (χ4v) is 3.64. The third-order valence-corrected chi connectivity index (χ3v) is 5.35. The van der Waals surface area contributed by atoms with Crippen LogP contribution >= 0.6 is 0 Å². The highest BCUT2D eigenvalue weighted by Gasteiger charge is 2.31. The topological polar surface area (TPSA) is 98.6 Å². The number of benzene rings is 2. The molecule has 0 unspecified atom stereocenters. The van der Waals surface area contributed by atoms with Crippen LogP contribution in [0.2, 0.25) is 0 Å². The monoisotopic (exact) mass is 453 g/mol. The van der Waals surface area contributed by atoms with Crippen molar-refractivity contribution >= 4 is 22.8 Å². The molecule has 1 aromatic heterocycles. The highest BCUT2D eigenvalue weighted by molar-refractivity contribution is 5.89. The molecule has 3 aromatic rings. The number of carbonyl (C=O) groups excluding carboxylic acids is 2. The van der Waals surface area contributed by atoms with Gasteiger partial charge in [0.1, 0.15) is 23.9 Å². The standard InChI is InChI=1S/C24H31N5O4/c1-4-5-14-28(22(30)17-29-21-12-7-6-11-20(21)26-27-29)23(24(31)25-13-15-32-2)18-9-8-10-19(16-18)33-3/h6-12,16,23H,4-5,13-15,17H2,1-3H3,(H,25,31)/t23-/m0/s1. The lowest BCUT2D eigenvalue weighted by Gasteiger charge is -2.31. The Hall–Kier alpha value is -3.46. The van der Waals surface area contributed by atoms with E-state index in [9.17, 15) is 9.59 Å². The number of para-hydroxylation sites is 1. The van der Waals surface area contributed by atoms with Crippen molar-refractivity contribution in [1.29, 1.82) is 0 Å². The largest absolute Gasteiger partial charge is 0.497 e. The molecule has 9 heteroatoms. The van der Waals surface area contributed by atoms with E-state index in [1.165, 1.54) is 0 Å². The summed E-state index contributed by atoms with van der Waals surface area (Å²) in [5.74, 6) is 0.134. The summed E-state index contributed by atoms with van der Waals surface area (Å²) >= 11 is 0. The van der Waals surface area contributed by atoms with Gasteiger partial charge >= 0.3 is 0 Å².